The zero-order valence-corrected chi connectivity index (χ0v) is 26.3. The molecule has 210 valence electrons. The van der Waals surface area contributed by atoms with E-state index in [0.29, 0.717) is 19.1 Å². The fourth-order valence-corrected chi connectivity index (χ4v) is 6.10. The minimum absolute atomic E-state index is 0.0295. The average Bonchev–Trinajstić information content (AvgIpc) is 3.64. The van der Waals surface area contributed by atoms with E-state index in [0.717, 1.165) is 40.8 Å². The highest BCUT2D eigenvalue weighted by molar-refractivity contribution is 6.74. The number of aryl methyl sites for hydroxylation is 1. The summed E-state index contributed by atoms with van der Waals surface area (Å²) >= 11 is 12.7. The molecule has 0 radical (unpaired) electrons. The second kappa shape index (κ2) is 10.9. The van der Waals surface area contributed by atoms with Crippen LogP contribution in [0.5, 0.6) is 0 Å². The summed E-state index contributed by atoms with van der Waals surface area (Å²) in [4.78, 5) is 28.3. The van der Waals surface area contributed by atoms with Gasteiger partial charge in [0.2, 0.25) is 0 Å². The van der Waals surface area contributed by atoms with Crippen molar-refractivity contribution in [3.63, 3.8) is 0 Å². The Morgan fingerprint density at radius 3 is 2.40 bits per heavy atom. The molecule has 0 atom stereocenters. The van der Waals surface area contributed by atoms with Gasteiger partial charge in [-0.25, -0.2) is 9.97 Å². The molecule has 0 spiro atoms. The van der Waals surface area contributed by atoms with Crippen molar-refractivity contribution in [2.45, 2.75) is 64.6 Å². The molecule has 3 heterocycles. The number of pyridine rings is 1. The van der Waals surface area contributed by atoms with Crippen LogP contribution in [0.3, 0.4) is 0 Å². The molecule has 1 aliphatic carbocycles. The molecule has 0 N–H and O–H groups in total. The Hall–Kier alpha value is -2.78. The maximum atomic E-state index is 14.1. The number of hydrogen-bond acceptors (Lipinski definition) is 5. The van der Waals surface area contributed by atoms with Crippen molar-refractivity contribution in [2.75, 3.05) is 18.1 Å². The van der Waals surface area contributed by atoms with Gasteiger partial charge in [0, 0.05) is 29.5 Å². The number of carbonyl (C=O) groups is 1. The van der Waals surface area contributed by atoms with E-state index in [1.54, 1.807) is 4.90 Å². The molecule has 3 aromatic heterocycles. The number of halogens is 2. The van der Waals surface area contributed by atoms with Crippen LogP contribution in [0.4, 0.5) is 5.69 Å². The van der Waals surface area contributed by atoms with E-state index in [9.17, 15) is 4.79 Å². The fraction of sp³-hybridized carbons (Fsp3) is 0.400. The van der Waals surface area contributed by atoms with Gasteiger partial charge < -0.3 is 13.9 Å². The van der Waals surface area contributed by atoms with E-state index >= 15 is 0 Å². The summed E-state index contributed by atoms with van der Waals surface area (Å²) in [6.07, 6.45) is 7.45. The van der Waals surface area contributed by atoms with Crippen LogP contribution >= 0.6 is 23.2 Å². The van der Waals surface area contributed by atoms with E-state index in [-0.39, 0.29) is 26.8 Å². The normalized spacial score (nSPS) is 14.1. The fourth-order valence-electron chi connectivity index (χ4n) is 4.59. The minimum atomic E-state index is -2.03. The Morgan fingerprint density at radius 1 is 1.10 bits per heavy atom. The smallest absolute Gasteiger partial charge is 0.264 e. The van der Waals surface area contributed by atoms with Gasteiger partial charge in [-0.1, -0.05) is 44.0 Å². The number of aromatic nitrogens is 4. The summed E-state index contributed by atoms with van der Waals surface area (Å²) < 4.78 is 8.66. The molecule has 1 aromatic carbocycles. The SMILES string of the molecule is Cc1ccc(-n2ccc3cc(N(CCO[Si](C)(C)C(C)(C)C)C(=O)c4c(Cl)ncnc4Cl)cc(C4CC4)c32)cn1. The van der Waals surface area contributed by atoms with Gasteiger partial charge in [0.15, 0.2) is 8.32 Å². The maximum absolute atomic E-state index is 14.1. The predicted molar refractivity (Wildman–Crippen MR) is 165 cm³/mol. The summed E-state index contributed by atoms with van der Waals surface area (Å²) in [7, 11) is -2.03. The first-order valence-corrected chi connectivity index (χ1v) is 17.2. The molecule has 0 unspecified atom stereocenters. The van der Waals surface area contributed by atoms with Crippen LogP contribution in [0, 0.1) is 6.92 Å². The summed E-state index contributed by atoms with van der Waals surface area (Å²) in [5.74, 6) is 0.0832. The first-order valence-electron chi connectivity index (χ1n) is 13.6. The van der Waals surface area contributed by atoms with Crippen LogP contribution in [0.25, 0.3) is 16.6 Å². The maximum Gasteiger partial charge on any atom is 0.264 e. The van der Waals surface area contributed by atoms with Crippen molar-refractivity contribution in [1.29, 1.82) is 0 Å². The van der Waals surface area contributed by atoms with Crippen LogP contribution in [0.2, 0.25) is 28.4 Å². The van der Waals surface area contributed by atoms with E-state index in [1.807, 2.05) is 19.2 Å². The van der Waals surface area contributed by atoms with E-state index < -0.39 is 8.32 Å². The number of rotatable bonds is 8. The van der Waals surface area contributed by atoms with Crippen LogP contribution in [-0.2, 0) is 4.43 Å². The Balaban J connectivity index is 1.58. The number of anilines is 1. The lowest BCUT2D eigenvalue weighted by atomic mass is 10.0. The van der Waals surface area contributed by atoms with Gasteiger partial charge in [0.05, 0.1) is 24.0 Å². The van der Waals surface area contributed by atoms with E-state index in [2.05, 4.69) is 83.8 Å². The lowest BCUT2D eigenvalue weighted by molar-refractivity contribution is 0.0981. The van der Waals surface area contributed by atoms with Gasteiger partial charge in [0.25, 0.3) is 5.91 Å². The molecule has 1 amide bonds. The first-order chi connectivity index (χ1) is 18.9. The minimum Gasteiger partial charge on any atom is -0.415 e. The van der Waals surface area contributed by atoms with Crippen molar-refractivity contribution in [3.05, 3.63) is 76.2 Å². The van der Waals surface area contributed by atoms with Crippen molar-refractivity contribution >= 4 is 54.0 Å². The van der Waals surface area contributed by atoms with Gasteiger partial charge in [-0.15, -0.1) is 0 Å². The molecule has 1 aliphatic rings. The molecule has 0 saturated heterocycles. The Kier molecular flexibility index (Phi) is 7.82. The quantitative estimate of drug-likeness (QED) is 0.152. The standard InChI is InChI=1S/C30H35Cl2N5O2Si/c1-19-7-10-22(17-33-19)36-12-11-21-15-23(16-24(26(21)36)20-8-9-20)37(13-14-39-40(5,6)30(2,3)4)29(38)25-27(31)34-18-35-28(25)32/h7,10-12,15-18,20H,8-9,13-14H2,1-6H3. The lowest BCUT2D eigenvalue weighted by Crippen LogP contribution is -2.43. The second-order valence-electron chi connectivity index (χ2n) is 12.0. The number of benzene rings is 1. The van der Waals surface area contributed by atoms with Gasteiger partial charge in [-0.05, 0) is 79.7 Å². The third-order valence-electron chi connectivity index (χ3n) is 8.10. The van der Waals surface area contributed by atoms with Gasteiger partial charge >= 0.3 is 0 Å². The number of fused-ring (bicyclic) bond motifs is 1. The zero-order valence-electron chi connectivity index (χ0n) is 23.8. The van der Waals surface area contributed by atoms with Gasteiger partial charge in [-0.3, -0.25) is 9.78 Å². The average molecular weight is 597 g/mol. The predicted octanol–water partition coefficient (Wildman–Crippen LogP) is 7.98. The molecule has 0 aliphatic heterocycles. The molecule has 10 heteroatoms. The molecule has 5 rings (SSSR count). The molecule has 4 aromatic rings. The topological polar surface area (TPSA) is 73.1 Å². The third-order valence-corrected chi connectivity index (χ3v) is 13.2. The van der Waals surface area contributed by atoms with Crippen LogP contribution in [0.1, 0.15) is 61.1 Å². The zero-order chi connectivity index (χ0) is 28.8. The van der Waals surface area contributed by atoms with E-state index in [4.69, 9.17) is 27.6 Å². The summed E-state index contributed by atoms with van der Waals surface area (Å²) in [5, 5.41) is 1.15. The Labute approximate surface area is 246 Å². The monoisotopic (exact) mass is 595 g/mol. The van der Waals surface area contributed by atoms with Crippen molar-refractivity contribution in [3.8, 4) is 5.69 Å². The summed E-state index contributed by atoms with van der Waals surface area (Å²) in [5.41, 5.74) is 5.19. The van der Waals surface area contributed by atoms with Gasteiger partial charge in [0.1, 0.15) is 22.2 Å². The lowest BCUT2D eigenvalue weighted by Gasteiger charge is -2.37. The molecule has 40 heavy (non-hydrogen) atoms. The van der Waals surface area contributed by atoms with Crippen molar-refractivity contribution < 1.29 is 9.22 Å². The molecule has 0 bridgehead atoms. The van der Waals surface area contributed by atoms with Crippen molar-refractivity contribution in [2.24, 2.45) is 0 Å². The van der Waals surface area contributed by atoms with Gasteiger partial charge in [-0.2, -0.15) is 0 Å². The second-order valence-corrected chi connectivity index (χ2v) is 17.5. The first kappa shape index (κ1) is 28.7. The molecule has 1 fully saturated rings. The highest BCUT2D eigenvalue weighted by Gasteiger charge is 2.37. The number of carbonyl (C=O) groups excluding carboxylic acids is 1. The Bertz CT molecular complexity index is 1540. The summed E-state index contributed by atoms with van der Waals surface area (Å²) in [6.45, 7) is 13.7. The van der Waals surface area contributed by atoms with Crippen molar-refractivity contribution in [1.82, 2.24) is 19.5 Å². The van der Waals surface area contributed by atoms with Crippen LogP contribution < -0.4 is 4.90 Å². The molecule has 1 saturated carbocycles. The molecule has 7 nitrogen and oxygen atoms in total. The summed E-state index contributed by atoms with van der Waals surface area (Å²) in [6, 6.07) is 10.4. The highest BCUT2D eigenvalue weighted by Crippen LogP contribution is 2.46. The third kappa shape index (κ3) is 5.68. The number of amides is 1. The Morgan fingerprint density at radius 2 is 1.80 bits per heavy atom. The van der Waals surface area contributed by atoms with Crippen LogP contribution in [-0.4, -0.2) is 46.9 Å². The highest BCUT2D eigenvalue weighted by atomic mass is 35.5. The van der Waals surface area contributed by atoms with E-state index in [1.165, 1.54) is 11.9 Å². The van der Waals surface area contributed by atoms with Crippen LogP contribution in [0.15, 0.2) is 49.1 Å². The molecular weight excluding hydrogens is 561 g/mol. The number of hydrogen-bond donors (Lipinski definition) is 0. The number of nitrogens with zero attached hydrogens (tertiary/aromatic N) is 5. The molecular formula is C30H35Cl2N5O2Si. The largest absolute Gasteiger partial charge is 0.415 e.